The molecule has 0 aromatic rings. The summed E-state index contributed by atoms with van der Waals surface area (Å²) in [5.74, 6) is 0. The molecule has 0 bridgehead atoms. The van der Waals surface area contributed by atoms with E-state index in [0.717, 1.165) is 0 Å². The van der Waals surface area contributed by atoms with Crippen LogP contribution in [0.25, 0.3) is 0 Å². The highest BCUT2D eigenvalue weighted by Gasteiger charge is 2.45. The van der Waals surface area contributed by atoms with Crippen LogP contribution in [0.3, 0.4) is 0 Å². The lowest BCUT2D eigenvalue weighted by molar-refractivity contribution is -0.0514. The standard InChI is InChI=1S/2CHF3O3S.2H2/c2*2-1(3,4)8(5,6)7;;/h2*(H,5,6,7);2*1H. The van der Waals surface area contributed by atoms with Crippen molar-refractivity contribution in [3.8, 4) is 0 Å². The molecule has 0 unspecified atom stereocenters. The Hall–Kier alpha value is -0.600. The zero-order valence-electron chi connectivity index (χ0n) is 6.61. The smallest absolute Gasteiger partial charge is 0.279 e. The summed E-state index contributed by atoms with van der Waals surface area (Å²) in [6.45, 7) is 0. The van der Waals surface area contributed by atoms with Gasteiger partial charge in [0.25, 0.3) is 0 Å². The van der Waals surface area contributed by atoms with Crippen LogP contribution in [0.15, 0.2) is 0 Å². The largest absolute Gasteiger partial charge is 0.522 e. The van der Waals surface area contributed by atoms with Gasteiger partial charge < -0.3 is 0 Å². The van der Waals surface area contributed by atoms with Crippen molar-refractivity contribution >= 4 is 20.2 Å². The summed E-state index contributed by atoms with van der Waals surface area (Å²) in [6, 6.07) is 0. The van der Waals surface area contributed by atoms with Crippen LogP contribution < -0.4 is 0 Å². The van der Waals surface area contributed by atoms with E-state index in [1.165, 1.54) is 0 Å². The molecule has 16 heavy (non-hydrogen) atoms. The number of hydrogen-bond acceptors (Lipinski definition) is 4. The van der Waals surface area contributed by atoms with E-state index in [2.05, 4.69) is 0 Å². The van der Waals surface area contributed by atoms with Gasteiger partial charge in [0.05, 0.1) is 0 Å². The lowest BCUT2D eigenvalue weighted by Crippen LogP contribution is -2.21. The van der Waals surface area contributed by atoms with Gasteiger partial charge in [0.2, 0.25) is 0 Å². The van der Waals surface area contributed by atoms with Crippen LogP contribution in [0.5, 0.6) is 0 Å². The quantitative estimate of drug-likeness (QED) is 0.396. The van der Waals surface area contributed by atoms with Crippen molar-refractivity contribution in [1.29, 1.82) is 0 Å². The number of halogens is 6. The Labute approximate surface area is 87.3 Å². The van der Waals surface area contributed by atoms with Crippen molar-refractivity contribution in [1.82, 2.24) is 0 Å². The molecule has 0 rings (SSSR count). The summed E-state index contributed by atoms with van der Waals surface area (Å²) in [5, 5.41) is 0. The van der Waals surface area contributed by atoms with Crippen LogP contribution in [-0.2, 0) is 20.2 Å². The Bertz CT molecular complexity index is 378. The number of rotatable bonds is 0. The van der Waals surface area contributed by atoms with E-state index in [-0.39, 0.29) is 2.85 Å². The molecule has 0 saturated heterocycles. The molecule has 0 aliphatic carbocycles. The molecule has 6 nitrogen and oxygen atoms in total. The molecular formula is C2H6F6O6S2. The van der Waals surface area contributed by atoms with Gasteiger partial charge in [-0.3, -0.25) is 9.11 Å². The van der Waals surface area contributed by atoms with Crippen LogP contribution in [0.2, 0.25) is 0 Å². The molecule has 14 heteroatoms. The minimum absolute atomic E-state index is 0. The highest BCUT2D eigenvalue weighted by molar-refractivity contribution is 7.86. The highest BCUT2D eigenvalue weighted by atomic mass is 32.2. The fourth-order valence-corrected chi connectivity index (χ4v) is 0. The Balaban J connectivity index is -0.0000000980. The monoisotopic (exact) mass is 304 g/mol. The van der Waals surface area contributed by atoms with Crippen molar-refractivity contribution in [2.24, 2.45) is 0 Å². The van der Waals surface area contributed by atoms with Gasteiger partial charge in [-0.05, 0) is 0 Å². The van der Waals surface area contributed by atoms with E-state index < -0.39 is 31.3 Å². The third-order valence-corrected chi connectivity index (χ3v) is 1.75. The zero-order valence-corrected chi connectivity index (χ0v) is 8.24. The fourth-order valence-electron chi connectivity index (χ4n) is 0. The normalized spacial score (nSPS) is 14.0. The maximum atomic E-state index is 10.7. The molecule has 0 amide bonds. The van der Waals surface area contributed by atoms with Crippen LogP contribution in [-0.4, -0.2) is 37.0 Å². The zero-order chi connectivity index (χ0) is 14.0. The van der Waals surface area contributed by atoms with E-state index in [1.807, 2.05) is 0 Å². The fraction of sp³-hybridized carbons (Fsp3) is 1.00. The van der Waals surface area contributed by atoms with Gasteiger partial charge >= 0.3 is 31.3 Å². The summed E-state index contributed by atoms with van der Waals surface area (Å²) in [7, 11) is -11.7. The first kappa shape index (κ1) is 17.8. The van der Waals surface area contributed by atoms with Crippen molar-refractivity contribution in [2.75, 3.05) is 0 Å². The van der Waals surface area contributed by atoms with Crippen LogP contribution in [0, 0.1) is 0 Å². The molecule has 0 saturated carbocycles. The van der Waals surface area contributed by atoms with E-state index in [9.17, 15) is 26.3 Å². The van der Waals surface area contributed by atoms with Crippen molar-refractivity contribution in [3.63, 3.8) is 0 Å². The molecule has 0 aliphatic heterocycles. The topological polar surface area (TPSA) is 109 Å². The van der Waals surface area contributed by atoms with Gasteiger partial charge in [0.15, 0.2) is 0 Å². The average Bonchev–Trinajstić information content (AvgIpc) is 1.77. The molecule has 2 N–H and O–H groups in total. The van der Waals surface area contributed by atoms with Crippen LogP contribution >= 0.6 is 0 Å². The first-order valence-corrected chi connectivity index (χ1v) is 5.45. The van der Waals surface area contributed by atoms with E-state index in [0.29, 0.717) is 0 Å². The Morgan fingerprint density at radius 3 is 0.750 bits per heavy atom. The van der Waals surface area contributed by atoms with Crippen LogP contribution in [0.4, 0.5) is 26.3 Å². The predicted molar refractivity (Wildman–Crippen MR) is 39.4 cm³/mol. The molecule has 0 aromatic heterocycles. The first-order chi connectivity index (χ1) is 6.50. The Morgan fingerprint density at radius 1 is 0.688 bits per heavy atom. The molecule has 0 heterocycles. The van der Waals surface area contributed by atoms with Gasteiger partial charge in [-0.2, -0.15) is 43.2 Å². The third-order valence-electron chi connectivity index (χ3n) is 0.585. The molecule has 0 atom stereocenters. The van der Waals surface area contributed by atoms with Gasteiger partial charge in [-0.15, -0.1) is 0 Å². The third kappa shape index (κ3) is 6.81. The molecule has 0 spiro atoms. The Kier molecular flexibility index (Phi) is 5.25. The summed E-state index contributed by atoms with van der Waals surface area (Å²) in [4.78, 5) is 0. The molecule has 0 fully saturated rings. The van der Waals surface area contributed by atoms with Gasteiger partial charge in [0, 0.05) is 2.85 Å². The molecule has 0 radical (unpaired) electrons. The van der Waals surface area contributed by atoms with E-state index in [4.69, 9.17) is 25.9 Å². The predicted octanol–water partition coefficient (Wildman–Crippen LogP) is 1.28. The number of alkyl halides is 6. The molecule has 104 valence electrons. The van der Waals surface area contributed by atoms with Gasteiger partial charge in [0.1, 0.15) is 0 Å². The van der Waals surface area contributed by atoms with Crippen molar-refractivity contribution in [3.05, 3.63) is 0 Å². The maximum absolute atomic E-state index is 10.7. The summed E-state index contributed by atoms with van der Waals surface area (Å²) in [6.07, 6.45) is 0. The second-order valence-corrected chi connectivity index (χ2v) is 4.67. The maximum Gasteiger partial charge on any atom is 0.522 e. The molecule has 0 aromatic carbocycles. The van der Waals surface area contributed by atoms with Gasteiger partial charge in [-0.1, -0.05) is 0 Å². The summed E-state index contributed by atoms with van der Waals surface area (Å²) < 4.78 is 115. The first-order valence-electron chi connectivity index (χ1n) is 2.57. The SMILES string of the molecule is O=S(=O)(O)C(F)(F)F.O=S(=O)(O)C(F)(F)F.[HH].[HH]. The van der Waals surface area contributed by atoms with Crippen molar-refractivity contribution < 1.29 is 55.1 Å². The molecular weight excluding hydrogens is 298 g/mol. The van der Waals surface area contributed by atoms with Gasteiger partial charge in [-0.25, -0.2) is 0 Å². The lowest BCUT2D eigenvalue weighted by Gasteiger charge is -1.97. The summed E-state index contributed by atoms with van der Waals surface area (Å²) >= 11 is 0. The Morgan fingerprint density at radius 2 is 0.750 bits per heavy atom. The van der Waals surface area contributed by atoms with E-state index in [1.54, 1.807) is 0 Å². The highest BCUT2D eigenvalue weighted by Crippen LogP contribution is 2.21. The van der Waals surface area contributed by atoms with E-state index >= 15 is 0 Å². The minimum Gasteiger partial charge on any atom is -0.279 e. The molecule has 0 aliphatic rings. The minimum atomic E-state index is -5.84. The summed E-state index contributed by atoms with van der Waals surface area (Å²) in [5.41, 5.74) is -11.1. The second-order valence-electron chi connectivity index (χ2n) is 1.84. The lowest BCUT2D eigenvalue weighted by atomic mass is 11.6. The second kappa shape index (κ2) is 4.72. The number of hydrogen-bond donors (Lipinski definition) is 2. The van der Waals surface area contributed by atoms with Crippen LogP contribution in [0.1, 0.15) is 2.85 Å². The average molecular weight is 304 g/mol. The van der Waals surface area contributed by atoms with Crippen molar-refractivity contribution in [2.45, 2.75) is 11.0 Å².